The summed E-state index contributed by atoms with van der Waals surface area (Å²) < 4.78 is 5.91. The lowest BCUT2D eigenvalue weighted by Crippen LogP contribution is -2.28. The minimum absolute atomic E-state index is 0.401. The van der Waals surface area contributed by atoms with Crippen LogP contribution in [-0.2, 0) is 6.42 Å². The number of furan rings is 1. The first kappa shape index (κ1) is 12.7. The van der Waals surface area contributed by atoms with Gasteiger partial charge in [-0.25, -0.2) is 0 Å². The van der Waals surface area contributed by atoms with Crippen molar-refractivity contribution >= 4 is 0 Å². The van der Waals surface area contributed by atoms with E-state index in [9.17, 15) is 0 Å². The summed E-state index contributed by atoms with van der Waals surface area (Å²) in [6, 6.07) is 4.67. The van der Waals surface area contributed by atoms with Gasteiger partial charge in [-0.1, -0.05) is 26.7 Å². The number of rotatable bonds is 4. The molecule has 1 aliphatic rings. The Kier molecular flexibility index (Phi) is 4.27. The fourth-order valence-electron chi connectivity index (χ4n) is 3.15. The molecular weight excluding hydrogens is 210 g/mol. The number of aryl methyl sites for hydroxylation is 1. The molecule has 1 heterocycles. The Morgan fingerprint density at radius 3 is 2.82 bits per heavy atom. The Balaban J connectivity index is 2.09. The monoisotopic (exact) mass is 235 g/mol. The Morgan fingerprint density at radius 2 is 2.24 bits per heavy atom. The molecule has 1 aromatic rings. The maximum atomic E-state index is 5.91. The van der Waals surface area contributed by atoms with Crippen LogP contribution in [0.3, 0.4) is 0 Å². The lowest BCUT2D eigenvalue weighted by atomic mass is 9.78. The summed E-state index contributed by atoms with van der Waals surface area (Å²) in [5.74, 6) is 3.83. The van der Waals surface area contributed by atoms with E-state index in [4.69, 9.17) is 4.42 Å². The van der Waals surface area contributed by atoms with Crippen molar-refractivity contribution in [2.24, 2.45) is 11.8 Å². The van der Waals surface area contributed by atoms with E-state index in [2.05, 4.69) is 38.3 Å². The lowest BCUT2D eigenvalue weighted by Gasteiger charge is -2.32. The minimum Gasteiger partial charge on any atom is -0.464 e. The van der Waals surface area contributed by atoms with Crippen LogP contribution in [0.15, 0.2) is 16.5 Å². The molecule has 0 amide bonds. The third-order valence-corrected chi connectivity index (χ3v) is 4.10. The van der Waals surface area contributed by atoms with Crippen LogP contribution in [-0.4, -0.2) is 7.05 Å². The fourth-order valence-corrected chi connectivity index (χ4v) is 3.15. The van der Waals surface area contributed by atoms with E-state index >= 15 is 0 Å². The highest BCUT2D eigenvalue weighted by atomic mass is 16.3. The van der Waals surface area contributed by atoms with Crippen molar-refractivity contribution in [3.05, 3.63) is 23.7 Å². The van der Waals surface area contributed by atoms with Crippen LogP contribution < -0.4 is 5.32 Å². The summed E-state index contributed by atoms with van der Waals surface area (Å²) in [7, 11) is 2.05. The molecule has 2 nitrogen and oxygen atoms in total. The van der Waals surface area contributed by atoms with E-state index in [1.165, 1.54) is 25.7 Å². The van der Waals surface area contributed by atoms with E-state index in [-0.39, 0.29) is 0 Å². The summed E-state index contributed by atoms with van der Waals surface area (Å²) in [6.45, 7) is 4.51. The molecule has 0 aromatic carbocycles. The van der Waals surface area contributed by atoms with Crippen molar-refractivity contribution in [1.29, 1.82) is 0 Å². The SMILES string of the molecule is CCc1ccc(C(NC)C2CCCC(C)C2)o1. The zero-order valence-electron chi connectivity index (χ0n) is 11.3. The second-order valence-electron chi connectivity index (χ2n) is 5.46. The maximum absolute atomic E-state index is 5.91. The summed E-state index contributed by atoms with van der Waals surface area (Å²) >= 11 is 0. The van der Waals surface area contributed by atoms with Gasteiger partial charge >= 0.3 is 0 Å². The predicted molar refractivity (Wildman–Crippen MR) is 71.0 cm³/mol. The third kappa shape index (κ3) is 2.92. The Morgan fingerprint density at radius 1 is 1.41 bits per heavy atom. The van der Waals surface area contributed by atoms with E-state index in [1.807, 2.05) is 0 Å². The van der Waals surface area contributed by atoms with Gasteiger partial charge in [0.2, 0.25) is 0 Å². The Hall–Kier alpha value is -0.760. The molecule has 0 radical (unpaired) electrons. The molecule has 1 N–H and O–H groups in total. The van der Waals surface area contributed by atoms with Gasteiger partial charge < -0.3 is 9.73 Å². The van der Waals surface area contributed by atoms with Crippen molar-refractivity contribution in [3.8, 4) is 0 Å². The van der Waals surface area contributed by atoms with Crippen LogP contribution in [0, 0.1) is 11.8 Å². The van der Waals surface area contributed by atoms with Crippen molar-refractivity contribution in [1.82, 2.24) is 5.32 Å². The van der Waals surface area contributed by atoms with E-state index in [0.29, 0.717) is 6.04 Å². The largest absolute Gasteiger partial charge is 0.464 e. The van der Waals surface area contributed by atoms with Gasteiger partial charge in [0, 0.05) is 6.42 Å². The van der Waals surface area contributed by atoms with E-state index < -0.39 is 0 Å². The predicted octanol–water partition coefficient (Wildman–Crippen LogP) is 3.93. The van der Waals surface area contributed by atoms with Gasteiger partial charge in [-0.2, -0.15) is 0 Å². The molecule has 3 unspecified atom stereocenters. The highest BCUT2D eigenvalue weighted by Gasteiger charge is 2.28. The van der Waals surface area contributed by atoms with E-state index in [1.54, 1.807) is 0 Å². The van der Waals surface area contributed by atoms with Gasteiger partial charge in [0.15, 0.2) is 0 Å². The first-order valence-electron chi connectivity index (χ1n) is 7.00. The Labute approximate surface area is 105 Å². The molecule has 1 fully saturated rings. The average Bonchev–Trinajstić information content (AvgIpc) is 2.79. The second kappa shape index (κ2) is 5.72. The third-order valence-electron chi connectivity index (χ3n) is 4.10. The quantitative estimate of drug-likeness (QED) is 0.855. The van der Waals surface area contributed by atoms with Crippen LogP contribution in [0.4, 0.5) is 0 Å². The second-order valence-corrected chi connectivity index (χ2v) is 5.46. The molecule has 0 saturated heterocycles. The highest BCUT2D eigenvalue weighted by molar-refractivity contribution is 5.12. The molecule has 1 saturated carbocycles. The van der Waals surface area contributed by atoms with Crippen molar-refractivity contribution in [2.45, 2.75) is 52.0 Å². The zero-order valence-corrected chi connectivity index (χ0v) is 11.3. The topological polar surface area (TPSA) is 25.2 Å². The lowest BCUT2D eigenvalue weighted by molar-refractivity contribution is 0.210. The molecule has 1 aromatic heterocycles. The molecule has 0 spiro atoms. The number of nitrogens with one attached hydrogen (secondary N) is 1. The summed E-state index contributed by atoms with van der Waals surface area (Å²) in [4.78, 5) is 0. The number of hydrogen-bond donors (Lipinski definition) is 1. The molecule has 2 rings (SSSR count). The first-order chi connectivity index (χ1) is 8.24. The van der Waals surface area contributed by atoms with Crippen LogP contribution >= 0.6 is 0 Å². The van der Waals surface area contributed by atoms with Crippen LogP contribution in [0.5, 0.6) is 0 Å². The van der Waals surface area contributed by atoms with Gasteiger partial charge in [-0.15, -0.1) is 0 Å². The Bertz CT molecular complexity index is 344. The highest BCUT2D eigenvalue weighted by Crippen LogP contribution is 2.37. The molecule has 17 heavy (non-hydrogen) atoms. The standard InChI is InChI=1S/C15H25NO/c1-4-13-8-9-14(17-13)15(16-3)12-7-5-6-11(2)10-12/h8-9,11-12,15-16H,4-7,10H2,1-3H3. The molecule has 96 valence electrons. The normalized spacial score (nSPS) is 27.0. The molecule has 0 bridgehead atoms. The average molecular weight is 235 g/mol. The smallest absolute Gasteiger partial charge is 0.121 e. The van der Waals surface area contributed by atoms with Crippen molar-refractivity contribution in [2.75, 3.05) is 7.05 Å². The first-order valence-corrected chi connectivity index (χ1v) is 7.00. The molecule has 1 aliphatic carbocycles. The molecule has 3 atom stereocenters. The zero-order chi connectivity index (χ0) is 12.3. The summed E-state index contributed by atoms with van der Waals surface area (Å²) in [5, 5.41) is 3.45. The van der Waals surface area contributed by atoms with Gasteiger partial charge in [-0.05, 0) is 43.9 Å². The summed E-state index contributed by atoms with van der Waals surface area (Å²) in [6.07, 6.45) is 6.40. The maximum Gasteiger partial charge on any atom is 0.121 e. The van der Waals surface area contributed by atoms with E-state index in [0.717, 1.165) is 29.8 Å². The van der Waals surface area contributed by atoms with Gasteiger partial charge in [0.1, 0.15) is 11.5 Å². The van der Waals surface area contributed by atoms with Crippen LogP contribution in [0.25, 0.3) is 0 Å². The van der Waals surface area contributed by atoms with Gasteiger partial charge in [0.05, 0.1) is 6.04 Å². The fraction of sp³-hybridized carbons (Fsp3) is 0.733. The van der Waals surface area contributed by atoms with Gasteiger partial charge in [0.25, 0.3) is 0 Å². The molecule has 2 heteroatoms. The van der Waals surface area contributed by atoms with Gasteiger partial charge in [-0.3, -0.25) is 0 Å². The van der Waals surface area contributed by atoms with Crippen molar-refractivity contribution < 1.29 is 4.42 Å². The summed E-state index contributed by atoms with van der Waals surface area (Å²) in [5.41, 5.74) is 0. The number of hydrogen-bond acceptors (Lipinski definition) is 2. The van der Waals surface area contributed by atoms with Crippen molar-refractivity contribution in [3.63, 3.8) is 0 Å². The molecule has 0 aliphatic heterocycles. The van der Waals surface area contributed by atoms with Crippen LogP contribution in [0.2, 0.25) is 0 Å². The molecular formula is C15H25NO. The minimum atomic E-state index is 0.401. The van der Waals surface area contributed by atoms with Crippen LogP contribution in [0.1, 0.15) is 57.1 Å².